The molecule has 0 aromatic carbocycles. The van der Waals surface area contributed by atoms with Crippen LogP contribution in [0.15, 0.2) is 70.8 Å². The Bertz CT molecular complexity index is 1510. The zero-order valence-corrected chi connectivity index (χ0v) is 20.6. The number of halogens is 1. The van der Waals surface area contributed by atoms with Gasteiger partial charge in [0.15, 0.2) is 0 Å². The summed E-state index contributed by atoms with van der Waals surface area (Å²) < 4.78 is 8.59. The fourth-order valence-corrected chi connectivity index (χ4v) is 3.94. The predicted octanol–water partition coefficient (Wildman–Crippen LogP) is 3.86. The third-order valence-electron chi connectivity index (χ3n) is 5.57. The van der Waals surface area contributed by atoms with Gasteiger partial charge in [0.05, 0.1) is 11.3 Å². The van der Waals surface area contributed by atoms with E-state index in [-0.39, 0.29) is 22.9 Å². The van der Waals surface area contributed by atoms with Crippen molar-refractivity contribution in [2.45, 2.75) is 39.9 Å². The fourth-order valence-electron chi connectivity index (χ4n) is 3.75. The molecular weight excluding hydrogens is 468 g/mol. The number of aromatic nitrogens is 4. The second-order valence-electron chi connectivity index (χ2n) is 8.74. The molecule has 9 heteroatoms. The Morgan fingerprint density at radius 2 is 1.86 bits per heavy atom. The first-order valence-electron chi connectivity index (χ1n) is 10.9. The van der Waals surface area contributed by atoms with Gasteiger partial charge in [-0.25, -0.2) is 4.98 Å². The molecule has 0 atom stereocenters. The van der Waals surface area contributed by atoms with E-state index in [0.29, 0.717) is 22.8 Å². The van der Waals surface area contributed by atoms with Gasteiger partial charge in [0.25, 0.3) is 11.1 Å². The maximum absolute atomic E-state index is 13.3. The number of ether oxygens (including phenoxy) is 1. The molecule has 0 amide bonds. The number of pyridine rings is 4. The van der Waals surface area contributed by atoms with Gasteiger partial charge in [-0.3, -0.25) is 23.7 Å². The van der Waals surface area contributed by atoms with Gasteiger partial charge in [0.1, 0.15) is 23.2 Å². The minimum absolute atomic E-state index is 0.0570. The highest BCUT2D eigenvalue weighted by atomic mass is 35.5. The van der Waals surface area contributed by atoms with Crippen molar-refractivity contribution in [1.29, 1.82) is 0 Å². The van der Waals surface area contributed by atoms with Crippen LogP contribution in [0.5, 0.6) is 5.75 Å². The number of hydrogen-bond acceptors (Lipinski definition) is 6. The zero-order chi connectivity index (χ0) is 25.3. The number of aryl methyl sites for hydroxylation is 2. The van der Waals surface area contributed by atoms with Crippen molar-refractivity contribution in [3.8, 4) is 17.3 Å². The van der Waals surface area contributed by atoms with Gasteiger partial charge in [-0.05, 0) is 51.5 Å². The minimum Gasteiger partial charge on any atom is -0.487 e. The lowest BCUT2D eigenvalue weighted by atomic mass is 10.0. The first kappa shape index (κ1) is 24.4. The van der Waals surface area contributed by atoms with Crippen molar-refractivity contribution >= 4 is 11.6 Å². The van der Waals surface area contributed by atoms with E-state index in [1.54, 1.807) is 75.9 Å². The average molecular weight is 493 g/mol. The van der Waals surface area contributed by atoms with Gasteiger partial charge < -0.3 is 9.84 Å². The third-order valence-corrected chi connectivity index (χ3v) is 5.92. The largest absolute Gasteiger partial charge is 0.487 e. The second-order valence-corrected chi connectivity index (χ2v) is 9.12. The van der Waals surface area contributed by atoms with Gasteiger partial charge in [0.2, 0.25) is 0 Å². The number of hydrogen-bond donors (Lipinski definition) is 1. The van der Waals surface area contributed by atoms with E-state index in [2.05, 4.69) is 9.97 Å². The molecule has 0 spiro atoms. The minimum atomic E-state index is -1.32. The lowest BCUT2D eigenvalue weighted by molar-refractivity contribution is 0.0768. The smallest absolute Gasteiger partial charge is 0.277 e. The van der Waals surface area contributed by atoms with Crippen LogP contribution in [-0.4, -0.2) is 24.2 Å². The Morgan fingerprint density at radius 3 is 2.54 bits per heavy atom. The van der Waals surface area contributed by atoms with Gasteiger partial charge >= 0.3 is 0 Å². The van der Waals surface area contributed by atoms with E-state index in [0.717, 1.165) is 5.56 Å². The van der Waals surface area contributed by atoms with Crippen molar-refractivity contribution in [2.75, 3.05) is 0 Å². The molecule has 4 rings (SSSR count). The predicted molar refractivity (Wildman–Crippen MR) is 134 cm³/mol. The SMILES string of the molecule is Cc1cnc(-n2cccc(C(C)(C)O)c2=O)cc1-n1c(C)cc(OCc2cccnc2)c(Cl)c1=O. The third kappa shape index (κ3) is 4.89. The molecule has 0 aliphatic carbocycles. The first-order chi connectivity index (χ1) is 16.6. The lowest BCUT2D eigenvalue weighted by Crippen LogP contribution is -2.31. The highest BCUT2D eigenvalue weighted by Crippen LogP contribution is 2.26. The number of nitrogens with zero attached hydrogens (tertiary/aromatic N) is 4. The Morgan fingerprint density at radius 1 is 1.09 bits per heavy atom. The van der Waals surface area contributed by atoms with Gasteiger partial charge in [0, 0.05) is 53.7 Å². The van der Waals surface area contributed by atoms with Crippen LogP contribution in [0.25, 0.3) is 11.5 Å². The van der Waals surface area contributed by atoms with E-state index in [1.165, 1.54) is 9.13 Å². The molecule has 4 aromatic rings. The van der Waals surface area contributed by atoms with Crippen LogP contribution in [0.4, 0.5) is 0 Å². The average Bonchev–Trinajstić information content (AvgIpc) is 2.82. The Balaban J connectivity index is 1.78. The maximum atomic E-state index is 13.3. The molecular formula is C26H25ClN4O4. The van der Waals surface area contributed by atoms with Crippen molar-refractivity contribution in [2.24, 2.45) is 0 Å². The molecule has 0 fully saturated rings. The molecule has 0 saturated heterocycles. The summed E-state index contributed by atoms with van der Waals surface area (Å²) in [6.07, 6.45) is 6.50. The monoisotopic (exact) mass is 492 g/mol. The Hall–Kier alpha value is -3.75. The summed E-state index contributed by atoms with van der Waals surface area (Å²) in [6.45, 7) is 6.90. The van der Waals surface area contributed by atoms with Crippen LogP contribution in [-0.2, 0) is 12.2 Å². The van der Waals surface area contributed by atoms with Crippen molar-refractivity contribution in [3.05, 3.63) is 109 Å². The van der Waals surface area contributed by atoms with Crippen molar-refractivity contribution < 1.29 is 9.84 Å². The molecule has 1 N–H and O–H groups in total. The quantitative estimate of drug-likeness (QED) is 0.439. The molecule has 0 aliphatic rings. The molecule has 35 heavy (non-hydrogen) atoms. The van der Waals surface area contributed by atoms with Crippen LogP contribution < -0.4 is 15.9 Å². The standard InChI is InChI=1S/C26H25ClN4O4/c1-16-13-29-22(30-10-6-8-19(24(30)32)26(3,4)34)12-20(16)31-17(2)11-21(23(27)25(31)33)35-15-18-7-5-9-28-14-18/h5-14,34H,15H2,1-4H3. The summed E-state index contributed by atoms with van der Waals surface area (Å²) in [7, 11) is 0. The van der Waals surface area contributed by atoms with Crippen molar-refractivity contribution in [1.82, 2.24) is 19.1 Å². The van der Waals surface area contributed by atoms with Gasteiger partial charge in [-0.1, -0.05) is 17.7 Å². The van der Waals surface area contributed by atoms with Gasteiger partial charge in [-0.2, -0.15) is 0 Å². The molecule has 0 unspecified atom stereocenters. The van der Waals surface area contributed by atoms with E-state index < -0.39 is 16.7 Å². The maximum Gasteiger partial charge on any atom is 0.277 e. The zero-order valence-electron chi connectivity index (χ0n) is 19.8. The van der Waals surface area contributed by atoms with E-state index in [4.69, 9.17) is 16.3 Å². The van der Waals surface area contributed by atoms with Crippen LogP contribution >= 0.6 is 11.6 Å². The second kappa shape index (κ2) is 9.48. The van der Waals surface area contributed by atoms with Crippen LogP contribution in [0, 0.1) is 13.8 Å². The molecule has 0 radical (unpaired) electrons. The summed E-state index contributed by atoms with van der Waals surface area (Å²) in [4.78, 5) is 34.8. The van der Waals surface area contributed by atoms with Crippen LogP contribution in [0.1, 0.15) is 36.2 Å². The number of aliphatic hydroxyl groups is 1. The Kier molecular flexibility index (Phi) is 6.60. The lowest BCUT2D eigenvalue weighted by Gasteiger charge is -2.19. The molecule has 0 bridgehead atoms. The summed E-state index contributed by atoms with van der Waals surface area (Å²) in [5.41, 5.74) is 0.742. The van der Waals surface area contributed by atoms with Crippen molar-refractivity contribution in [3.63, 3.8) is 0 Å². The molecule has 180 valence electrons. The molecule has 4 heterocycles. The first-order valence-corrected chi connectivity index (χ1v) is 11.3. The fraction of sp³-hybridized carbons (Fsp3) is 0.231. The molecule has 8 nitrogen and oxygen atoms in total. The van der Waals surface area contributed by atoms with Gasteiger partial charge in [-0.15, -0.1) is 0 Å². The summed E-state index contributed by atoms with van der Waals surface area (Å²) in [5, 5.41) is 10.3. The highest BCUT2D eigenvalue weighted by Gasteiger charge is 2.22. The summed E-state index contributed by atoms with van der Waals surface area (Å²) in [6, 6.07) is 10.2. The van der Waals surface area contributed by atoms with E-state index in [9.17, 15) is 14.7 Å². The van der Waals surface area contributed by atoms with E-state index in [1.807, 2.05) is 13.0 Å². The Labute approximate surface area is 207 Å². The van der Waals surface area contributed by atoms with Crippen LogP contribution in [0.2, 0.25) is 5.02 Å². The molecule has 4 aromatic heterocycles. The molecule has 0 aliphatic heterocycles. The molecule has 0 saturated carbocycles. The van der Waals surface area contributed by atoms with Crippen LogP contribution in [0.3, 0.4) is 0 Å². The normalized spacial score (nSPS) is 11.5. The summed E-state index contributed by atoms with van der Waals surface area (Å²) in [5.74, 6) is 0.580. The number of rotatable bonds is 6. The van der Waals surface area contributed by atoms with E-state index >= 15 is 0 Å². The topological polar surface area (TPSA) is 99.2 Å². The highest BCUT2D eigenvalue weighted by molar-refractivity contribution is 6.31. The summed E-state index contributed by atoms with van der Waals surface area (Å²) >= 11 is 6.42.